The summed E-state index contributed by atoms with van der Waals surface area (Å²) in [7, 11) is -1.89. The van der Waals surface area contributed by atoms with Crippen molar-refractivity contribution in [2.75, 3.05) is 13.6 Å². The minimum Gasteiger partial charge on any atom is -0.326 e. The van der Waals surface area contributed by atoms with Crippen molar-refractivity contribution >= 4 is 10.0 Å². The van der Waals surface area contributed by atoms with Crippen LogP contribution >= 0.6 is 0 Å². The molecule has 1 aromatic heterocycles. The predicted molar refractivity (Wildman–Crippen MR) is 82.1 cm³/mol. The number of sulfonamides is 1. The highest BCUT2D eigenvalue weighted by Gasteiger charge is 2.20. The normalized spacial score (nSPS) is 11.8. The van der Waals surface area contributed by atoms with Crippen LogP contribution < -0.4 is 5.73 Å². The highest BCUT2D eigenvalue weighted by molar-refractivity contribution is 7.89. The SMILES string of the molecule is CN(CCc1ccccn1)S(=O)(=O)c1ccc(CN)cc1. The zero-order chi connectivity index (χ0) is 15.3. The second-order valence-electron chi connectivity index (χ2n) is 4.75. The third-order valence-electron chi connectivity index (χ3n) is 3.28. The fourth-order valence-corrected chi connectivity index (χ4v) is 3.09. The summed E-state index contributed by atoms with van der Waals surface area (Å²) < 4.78 is 26.2. The van der Waals surface area contributed by atoms with E-state index >= 15 is 0 Å². The quantitative estimate of drug-likeness (QED) is 0.875. The second-order valence-corrected chi connectivity index (χ2v) is 6.79. The van der Waals surface area contributed by atoms with Gasteiger partial charge in [-0.2, -0.15) is 0 Å². The summed E-state index contributed by atoms with van der Waals surface area (Å²) in [4.78, 5) is 4.47. The standard InChI is InChI=1S/C15H19N3O2S/c1-18(11-9-14-4-2-3-10-17-14)21(19,20)15-7-5-13(12-16)6-8-15/h2-8,10H,9,11-12,16H2,1H3. The van der Waals surface area contributed by atoms with E-state index in [2.05, 4.69) is 4.98 Å². The van der Waals surface area contributed by atoms with Gasteiger partial charge in [0.25, 0.3) is 0 Å². The zero-order valence-electron chi connectivity index (χ0n) is 11.9. The molecule has 0 saturated carbocycles. The van der Waals surface area contributed by atoms with Gasteiger partial charge in [-0.15, -0.1) is 0 Å². The lowest BCUT2D eigenvalue weighted by molar-refractivity contribution is 0.471. The van der Waals surface area contributed by atoms with Gasteiger partial charge in [0.15, 0.2) is 0 Å². The van der Waals surface area contributed by atoms with Crippen molar-refractivity contribution in [3.05, 3.63) is 59.9 Å². The average Bonchev–Trinajstić information content (AvgIpc) is 2.53. The first-order valence-electron chi connectivity index (χ1n) is 6.69. The molecule has 0 radical (unpaired) electrons. The Balaban J connectivity index is 2.07. The summed E-state index contributed by atoms with van der Waals surface area (Å²) >= 11 is 0. The van der Waals surface area contributed by atoms with Gasteiger partial charge in [0, 0.05) is 38.4 Å². The molecule has 0 saturated heterocycles. The van der Waals surface area contributed by atoms with E-state index in [0.29, 0.717) is 19.5 Å². The molecule has 0 aliphatic heterocycles. The Kier molecular flexibility index (Phi) is 5.06. The summed E-state index contributed by atoms with van der Waals surface area (Å²) in [6, 6.07) is 12.3. The summed E-state index contributed by atoms with van der Waals surface area (Å²) in [5.74, 6) is 0. The molecule has 0 unspecified atom stereocenters. The molecular formula is C15H19N3O2S. The van der Waals surface area contributed by atoms with Crippen LogP contribution in [-0.2, 0) is 23.0 Å². The number of rotatable bonds is 6. The number of aromatic nitrogens is 1. The van der Waals surface area contributed by atoms with Crippen LogP contribution in [0.15, 0.2) is 53.6 Å². The maximum Gasteiger partial charge on any atom is 0.242 e. The second kappa shape index (κ2) is 6.80. The number of benzene rings is 1. The molecule has 0 aliphatic rings. The van der Waals surface area contributed by atoms with Gasteiger partial charge in [-0.3, -0.25) is 4.98 Å². The first kappa shape index (κ1) is 15.6. The molecule has 0 bridgehead atoms. The van der Waals surface area contributed by atoms with Crippen molar-refractivity contribution in [3.63, 3.8) is 0 Å². The maximum atomic E-state index is 12.4. The predicted octanol–water partition coefficient (Wildman–Crippen LogP) is 1.40. The average molecular weight is 305 g/mol. The lowest BCUT2D eigenvalue weighted by Crippen LogP contribution is -2.29. The molecule has 21 heavy (non-hydrogen) atoms. The van der Waals surface area contributed by atoms with Crippen LogP contribution in [0.5, 0.6) is 0 Å². The van der Waals surface area contributed by atoms with Gasteiger partial charge >= 0.3 is 0 Å². The molecule has 1 aromatic carbocycles. The summed E-state index contributed by atoms with van der Waals surface area (Å²) in [6.45, 7) is 0.786. The van der Waals surface area contributed by atoms with Crippen LogP contribution in [0.3, 0.4) is 0 Å². The molecule has 0 aliphatic carbocycles. The van der Waals surface area contributed by atoms with E-state index in [1.54, 1.807) is 37.5 Å². The van der Waals surface area contributed by atoms with Gasteiger partial charge in [0.1, 0.15) is 0 Å². The van der Waals surface area contributed by atoms with Gasteiger partial charge < -0.3 is 5.73 Å². The highest BCUT2D eigenvalue weighted by Crippen LogP contribution is 2.15. The first-order valence-corrected chi connectivity index (χ1v) is 8.13. The van der Waals surface area contributed by atoms with Crippen molar-refractivity contribution in [1.82, 2.24) is 9.29 Å². The highest BCUT2D eigenvalue weighted by atomic mass is 32.2. The van der Waals surface area contributed by atoms with Gasteiger partial charge in [-0.1, -0.05) is 18.2 Å². The molecule has 5 nitrogen and oxygen atoms in total. The molecular weight excluding hydrogens is 286 g/mol. The minimum atomic E-state index is -3.47. The fourth-order valence-electron chi connectivity index (χ4n) is 1.92. The number of hydrogen-bond acceptors (Lipinski definition) is 4. The summed E-state index contributed by atoms with van der Waals surface area (Å²) in [5.41, 5.74) is 7.29. The summed E-state index contributed by atoms with van der Waals surface area (Å²) in [6.07, 6.45) is 2.28. The molecule has 6 heteroatoms. The van der Waals surface area contributed by atoms with Crippen molar-refractivity contribution in [2.24, 2.45) is 5.73 Å². The van der Waals surface area contributed by atoms with E-state index in [9.17, 15) is 8.42 Å². The third kappa shape index (κ3) is 3.87. The Morgan fingerprint density at radius 2 is 1.86 bits per heavy atom. The molecule has 112 valence electrons. The van der Waals surface area contributed by atoms with Crippen LogP contribution in [-0.4, -0.2) is 31.3 Å². The van der Waals surface area contributed by atoms with Crippen molar-refractivity contribution in [3.8, 4) is 0 Å². The molecule has 0 atom stereocenters. The van der Waals surface area contributed by atoms with Gasteiger partial charge in [0.2, 0.25) is 10.0 Å². The molecule has 0 spiro atoms. The summed E-state index contributed by atoms with van der Waals surface area (Å²) in [5, 5.41) is 0. The Morgan fingerprint density at radius 1 is 1.14 bits per heavy atom. The Bertz CT molecular complexity index is 670. The Hall–Kier alpha value is -1.76. The van der Waals surface area contributed by atoms with E-state index < -0.39 is 10.0 Å². The van der Waals surface area contributed by atoms with Crippen molar-refractivity contribution in [1.29, 1.82) is 0 Å². The zero-order valence-corrected chi connectivity index (χ0v) is 12.8. The lowest BCUT2D eigenvalue weighted by Gasteiger charge is -2.17. The van der Waals surface area contributed by atoms with Crippen LogP contribution in [0.2, 0.25) is 0 Å². The molecule has 0 amide bonds. The molecule has 2 N–H and O–H groups in total. The molecule has 2 rings (SSSR count). The molecule has 1 heterocycles. The maximum absolute atomic E-state index is 12.4. The van der Waals surface area contributed by atoms with Crippen molar-refractivity contribution in [2.45, 2.75) is 17.9 Å². The fraction of sp³-hybridized carbons (Fsp3) is 0.267. The lowest BCUT2D eigenvalue weighted by atomic mass is 10.2. The molecule has 0 fully saturated rings. The molecule has 2 aromatic rings. The van der Waals surface area contributed by atoms with E-state index in [1.165, 1.54) is 4.31 Å². The van der Waals surface area contributed by atoms with Crippen molar-refractivity contribution < 1.29 is 8.42 Å². The van der Waals surface area contributed by atoms with Crippen LogP contribution in [0, 0.1) is 0 Å². The monoisotopic (exact) mass is 305 g/mol. The Labute approximate surface area is 125 Å². The third-order valence-corrected chi connectivity index (χ3v) is 5.15. The van der Waals surface area contributed by atoms with Crippen LogP contribution in [0.4, 0.5) is 0 Å². The van der Waals surface area contributed by atoms with E-state index in [1.807, 2.05) is 18.2 Å². The minimum absolute atomic E-state index is 0.281. The number of nitrogens with two attached hydrogens (primary N) is 1. The van der Waals surface area contributed by atoms with Gasteiger partial charge in [-0.05, 0) is 29.8 Å². The topological polar surface area (TPSA) is 76.3 Å². The Morgan fingerprint density at radius 3 is 2.43 bits per heavy atom. The van der Waals surface area contributed by atoms with E-state index in [-0.39, 0.29) is 4.90 Å². The number of hydrogen-bond donors (Lipinski definition) is 1. The first-order chi connectivity index (χ1) is 10.0. The number of nitrogens with zero attached hydrogens (tertiary/aromatic N) is 2. The number of likely N-dealkylation sites (N-methyl/N-ethyl adjacent to an activating group) is 1. The van der Waals surface area contributed by atoms with E-state index in [0.717, 1.165) is 11.3 Å². The van der Waals surface area contributed by atoms with Gasteiger partial charge in [-0.25, -0.2) is 12.7 Å². The smallest absolute Gasteiger partial charge is 0.242 e. The van der Waals surface area contributed by atoms with E-state index in [4.69, 9.17) is 5.73 Å². The van der Waals surface area contributed by atoms with Gasteiger partial charge in [0.05, 0.1) is 4.90 Å². The largest absolute Gasteiger partial charge is 0.326 e. The van der Waals surface area contributed by atoms with Crippen LogP contribution in [0.1, 0.15) is 11.3 Å². The number of pyridine rings is 1. The van der Waals surface area contributed by atoms with Crippen LogP contribution in [0.25, 0.3) is 0 Å².